The summed E-state index contributed by atoms with van der Waals surface area (Å²) in [6, 6.07) is 71.0. The summed E-state index contributed by atoms with van der Waals surface area (Å²) in [6.45, 7) is 13.5. The highest BCUT2D eigenvalue weighted by Gasteiger charge is 2.46. The molecule has 0 amide bonds. The Hall–Kier alpha value is -7.24. The SMILES string of the molecule is CC(C)(C)c1ccc(-c2cccc(N3c4cccc5c4B(c4ccc(N(c6ccccc6)c6ccc(C(C)(C)C)cc6)cc4N5c4ccccc4)c4oc5ccccc5c43)c2)cc1. The van der Waals surface area contributed by atoms with E-state index in [1.165, 1.54) is 33.2 Å². The van der Waals surface area contributed by atoms with Crippen LogP contribution in [0.2, 0.25) is 0 Å². The van der Waals surface area contributed by atoms with E-state index in [2.05, 4.69) is 250 Å². The molecule has 0 aliphatic carbocycles. The van der Waals surface area contributed by atoms with Crippen LogP contribution in [0, 0.1) is 0 Å². The topological polar surface area (TPSA) is 22.9 Å². The second kappa shape index (κ2) is 14.7. The van der Waals surface area contributed by atoms with Crippen LogP contribution in [0.25, 0.3) is 22.1 Å². The predicted molar refractivity (Wildman–Crippen MR) is 268 cm³/mol. The maximum absolute atomic E-state index is 7.13. The standard InChI is InChI=1S/C58H50BN3O/c1-57(2,3)41-29-27-39(28-30-41)40-17-15-22-46(37-40)62-51-25-16-24-50-54(51)59(56-55(62)48-23-13-14-26-53(48)63-56)49-36-35-47(38-52(49)61(50)44-20-11-8-12-21-44)60(43-18-9-7-10-19-43)45-33-31-42(32-34-45)58(4,5)6/h7-38H,1-6H3. The van der Waals surface area contributed by atoms with Gasteiger partial charge in [-0.15, -0.1) is 0 Å². The molecular formula is C58H50BN3O. The lowest BCUT2D eigenvalue weighted by Gasteiger charge is -2.42. The highest BCUT2D eigenvalue weighted by Crippen LogP contribution is 2.48. The third-order valence-electron chi connectivity index (χ3n) is 12.9. The molecule has 306 valence electrons. The van der Waals surface area contributed by atoms with Crippen molar-refractivity contribution in [2.45, 2.75) is 52.4 Å². The molecule has 5 heteroatoms. The normalized spacial score (nSPS) is 13.1. The Labute approximate surface area is 371 Å². The van der Waals surface area contributed by atoms with Crippen molar-refractivity contribution in [2.75, 3.05) is 14.7 Å². The molecule has 0 unspecified atom stereocenters. The zero-order valence-electron chi connectivity index (χ0n) is 36.8. The van der Waals surface area contributed by atoms with E-state index < -0.39 is 0 Å². The molecule has 0 bridgehead atoms. The fourth-order valence-electron chi connectivity index (χ4n) is 9.74. The maximum atomic E-state index is 7.13. The largest absolute Gasteiger partial charge is 0.468 e. The van der Waals surface area contributed by atoms with Gasteiger partial charge in [0.1, 0.15) is 5.58 Å². The lowest BCUT2D eigenvalue weighted by Crippen LogP contribution is -2.61. The van der Waals surface area contributed by atoms with Gasteiger partial charge in [0.15, 0.2) is 0 Å². The molecule has 2 aliphatic heterocycles. The average molecular weight is 816 g/mol. The Morgan fingerprint density at radius 1 is 0.444 bits per heavy atom. The van der Waals surface area contributed by atoms with Crippen molar-refractivity contribution in [2.24, 2.45) is 0 Å². The van der Waals surface area contributed by atoms with E-state index in [0.29, 0.717) is 0 Å². The van der Waals surface area contributed by atoms with Crippen molar-refractivity contribution in [3.05, 3.63) is 205 Å². The first kappa shape index (κ1) is 38.7. The molecule has 1 aromatic heterocycles. The van der Waals surface area contributed by atoms with Gasteiger partial charge in [0, 0.05) is 50.9 Å². The van der Waals surface area contributed by atoms with Gasteiger partial charge in [0.05, 0.1) is 11.3 Å². The molecular weight excluding hydrogens is 765 g/mol. The molecule has 0 spiro atoms. The highest BCUT2D eigenvalue weighted by molar-refractivity contribution is 7.00. The monoisotopic (exact) mass is 815 g/mol. The summed E-state index contributed by atoms with van der Waals surface area (Å²) >= 11 is 0. The summed E-state index contributed by atoms with van der Waals surface area (Å²) in [5.41, 5.74) is 19.4. The summed E-state index contributed by atoms with van der Waals surface area (Å²) in [5, 5.41) is 1.10. The number of anilines is 9. The second-order valence-electron chi connectivity index (χ2n) is 19.0. The minimum Gasteiger partial charge on any atom is -0.468 e. The van der Waals surface area contributed by atoms with Crippen molar-refractivity contribution in [3.8, 4) is 11.1 Å². The van der Waals surface area contributed by atoms with Crippen LogP contribution in [-0.2, 0) is 10.8 Å². The minimum atomic E-state index is -0.150. The number of nitrogens with zero attached hydrogens (tertiary/aromatic N) is 3. The van der Waals surface area contributed by atoms with Gasteiger partial charge in [-0.25, -0.2) is 0 Å². The number of benzene rings is 8. The number of hydrogen-bond acceptors (Lipinski definition) is 4. The molecule has 0 atom stereocenters. The quantitative estimate of drug-likeness (QED) is 0.156. The third kappa shape index (κ3) is 6.53. The van der Waals surface area contributed by atoms with Crippen LogP contribution in [0.1, 0.15) is 52.7 Å². The predicted octanol–water partition coefficient (Wildman–Crippen LogP) is 14.2. The molecule has 9 aromatic rings. The van der Waals surface area contributed by atoms with Gasteiger partial charge in [0.25, 0.3) is 6.71 Å². The van der Waals surface area contributed by atoms with Gasteiger partial charge in [-0.05, 0) is 129 Å². The number of para-hydroxylation sites is 3. The molecule has 0 radical (unpaired) electrons. The molecule has 4 nitrogen and oxygen atoms in total. The summed E-state index contributed by atoms with van der Waals surface area (Å²) in [4.78, 5) is 7.28. The highest BCUT2D eigenvalue weighted by atomic mass is 16.3. The van der Waals surface area contributed by atoms with E-state index in [0.717, 1.165) is 67.8 Å². The second-order valence-corrected chi connectivity index (χ2v) is 19.0. The molecule has 8 aromatic carbocycles. The van der Waals surface area contributed by atoms with Crippen molar-refractivity contribution in [1.29, 1.82) is 0 Å². The van der Waals surface area contributed by atoms with Crippen molar-refractivity contribution >= 4 is 85.5 Å². The van der Waals surface area contributed by atoms with Crippen LogP contribution < -0.4 is 31.3 Å². The molecule has 2 aliphatic rings. The van der Waals surface area contributed by atoms with E-state index in [4.69, 9.17) is 4.42 Å². The lowest BCUT2D eigenvalue weighted by molar-refractivity contribution is 0.590. The summed E-state index contributed by atoms with van der Waals surface area (Å²) in [7, 11) is 0. The average Bonchev–Trinajstić information content (AvgIpc) is 3.68. The van der Waals surface area contributed by atoms with E-state index in [1.54, 1.807) is 0 Å². The Balaban J connectivity index is 1.13. The molecule has 11 rings (SSSR count). The van der Waals surface area contributed by atoms with Gasteiger partial charge in [0.2, 0.25) is 0 Å². The molecule has 0 N–H and O–H groups in total. The first-order chi connectivity index (χ1) is 30.5. The Kier molecular flexibility index (Phi) is 9.02. The van der Waals surface area contributed by atoms with Gasteiger partial charge < -0.3 is 19.1 Å². The molecule has 3 heterocycles. The van der Waals surface area contributed by atoms with Crippen molar-refractivity contribution in [3.63, 3.8) is 0 Å². The van der Waals surface area contributed by atoms with Crippen LogP contribution in [0.4, 0.5) is 51.2 Å². The van der Waals surface area contributed by atoms with Crippen LogP contribution in [-0.4, -0.2) is 6.71 Å². The number of furan rings is 1. The molecule has 63 heavy (non-hydrogen) atoms. The van der Waals surface area contributed by atoms with Gasteiger partial charge in [-0.1, -0.05) is 151 Å². The first-order valence-corrected chi connectivity index (χ1v) is 22.1. The first-order valence-electron chi connectivity index (χ1n) is 22.1. The zero-order valence-corrected chi connectivity index (χ0v) is 36.8. The summed E-state index contributed by atoms with van der Waals surface area (Å²) in [5.74, 6) is 0. The summed E-state index contributed by atoms with van der Waals surface area (Å²) < 4.78 is 7.13. The minimum absolute atomic E-state index is 0.0522. The molecule has 0 saturated carbocycles. The fraction of sp³-hybridized carbons (Fsp3) is 0.138. The number of fused-ring (bicyclic) bond motifs is 6. The van der Waals surface area contributed by atoms with Crippen LogP contribution in [0.5, 0.6) is 0 Å². The van der Waals surface area contributed by atoms with E-state index >= 15 is 0 Å². The van der Waals surface area contributed by atoms with Crippen LogP contribution >= 0.6 is 0 Å². The lowest BCUT2D eigenvalue weighted by atomic mass is 9.35. The smallest absolute Gasteiger partial charge is 0.297 e. The molecule has 0 fully saturated rings. The number of rotatable bonds is 6. The zero-order chi connectivity index (χ0) is 43.0. The van der Waals surface area contributed by atoms with E-state index in [1.807, 2.05) is 0 Å². The van der Waals surface area contributed by atoms with Gasteiger partial charge in [-0.3, -0.25) is 0 Å². The Bertz CT molecular complexity index is 3140. The number of hydrogen-bond donors (Lipinski definition) is 0. The van der Waals surface area contributed by atoms with Gasteiger partial charge in [-0.2, -0.15) is 0 Å². The van der Waals surface area contributed by atoms with Crippen LogP contribution in [0.15, 0.2) is 199 Å². The maximum Gasteiger partial charge on any atom is 0.297 e. The summed E-state index contributed by atoms with van der Waals surface area (Å²) in [6.07, 6.45) is 0. The van der Waals surface area contributed by atoms with E-state index in [9.17, 15) is 0 Å². The van der Waals surface area contributed by atoms with Crippen molar-refractivity contribution in [1.82, 2.24) is 0 Å². The van der Waals surface area contributed by atoms with Crippen LogP contribution in [0.3, 0.4) is 0 Å². The van der Waals surface area contributed by atoms with Crippen molar-refractivity contribution < 1.29 is 4.42 Å². The molecule has 0 saturated heterocycles. The Morgan fingerprint density at radius 3 is 1.71 bits per heavy atom. The fourth-order valence-corrected chi connectivity index (χ4v) is 9.74. The van der Waals surface area contributed by atoms with E-state index in [-0.39, 0.29) is 17.5 Å². The van der Waals surface area contributed by atoms with Gasteiger partial charge >= 0.3 is 0 Å². The Morgan fingerprint density at radius 2 is 1.02 bits per heavy atom. The third-order valence-corrected chi connectivity index (χ3v) is 12.9.